The summed E-state index contributed by atoms with van der Waals surface area (Å²) in [7, 11) is 0. The van der Waals surface area contributed by atoms with Crippen LogP contribution in [0.25, 0.3) is 0 Å². The number of thioether (sulfide) groups is 1. The van der Waals surface area contributed by atoms with Crippen LogP contribution in [-0.4, -0.2) is 46.5 Å². The molecule has 0 radical (unpaired) electrons. The zero-order valence-corrected chi connectivity index (χ0v) is 11.5. The van der Waals surface area contributed by atoms with Crippen LogP contribution in [0.5, 0.6) is 0 Å². The molecule has 0 spiro atoms. The summed E-state index contributed by atoms with van der Waals surface area (Å²) in [6, 6.07) is 0. The number of anilines is 1. The summed E-state index contributed by atoms with van der Waals surface area (Å²) in [5.41, 5.74) is 0. The van der Waals surface area contributed by atoms with Crippen molar-refractivity contribution < 1.29 is 4.74 Å². The van der Waals surface area contributed by atoms with Crippen molar-refractivity contribution in [2.45, 2.75) is 24.3 Å². The molecule has 2 heterocycles. The first-order valence-corrected chi connectivity index (χ1v) is 6.82. The monoisotopic (exact) mass is 274 g/mol. The molecular weight excluding hydrogens is 260 g/mol. The van der Waals surface area contributed by atoms with Gasteiger partial charge in [-0.3, -0.25) is 0 Å². The third-order valence-electron chi connectivity index (χ3n) is 2.21. The SMILES string of the molecule is CC(C)Sc1nc(Cl)nc(N2CCOCC2)n1. The molecule has 1 aliphatic rings. The number of rotatable bonds is 3. The van der Waals surface area contributed by atoms with Crippen molar-refractivity contribution in [1.29, 1.82) is 0 Å². The fourth-order valence-electron chi connectivity index (χ4n) is 1.49. The van der Waals surface area contributed by atoms with Crippen molar-refractivity contribution in [3.05, 3.63) is 5.28 Å². The molecule has 0 atom stereocenters. The van der Waals surface area contributed by atoms with Gasteiger partial charge in [-0.25, -0.2) is 0 Å². The Labute approximate surface area is 110 Å². The Morgan fingerprint density at radius 1 is 1.24 bits per heavy atom. The van der Waals surface area contributed by atoms with Gasteiger partial charge in [-0.2, -0.15) is 15.0 Å². The number of halogens is 1. The largest absolute Gasteiger partial charge is 0.378 e. The van der Waals surface area contributed by atoms with Gasteiger partial charge in [0.05, 0.1) is 13.2 Å². The molecule has 94 valence electrons. The van der Waals surface area contributed by atoms with Gasteiger partial charge in [0.25, 0.3) is 0 Å². The number of hydrogen-bond donors (Lipinski definition) is 0. The molecule has 1 aliphatic heterocycles. The minimum absolute atomic E-state index is 0.254. The molecule has 0 aliphatic carbocycles. The van der Waals surface area contributed by atoms with Gasteiger partial charge in [0, 0.05) is 18.3 Å². The Balaban J connectivity index is 2.18. The molecule has 1 aromatic rings. The van der Waals surface area contributed by atoms with E-state index >= 15 is 0 Å². The zero-order chi connectivity index (χ0) is 12.3. The van der Waals surface area contributed by atoms with Crippen LogP contribution in [-0.2, 0) is 4.74 Å². The van der Waals surface area contributed by atoms with Crippen LogP contribution in [0.1, 0.15) is 13.8 Å². The van der Waals surface area contributed by atoms with Crippen LogP contribution in [0.15, 0.2) is 5.16 Å². The van der Waals surface area contributed by atoms with Crippen molar-refractivity contribution in [1.82, 2.24) is 15.0 Å². The van der Waals surface area contributed by atoms with E-state index in [9.17, 15) is 0 Å². The van der Waals surface area contributed by atoms with E-state index in [1.165, 1.54) is 0 Å². The van der Waals surface area contributed by atoms with Crippen LogP contribution in [0, 0.1) is 0 Å². The molecular formula is C10H15ClN4OS. The lowest BCUT2D eigenvalue weighted by atomic mass is 10.4. The van der Waals surface area contributed by atoms with Gasteiger partial charge in [-0.05, 0) is 11.6 Å². The van der Waals surface area contributed by atoms with Gasteiger partial charge in [0.1, 0.15) is 0 Å². The molecule has 1 aromatic heterocycles. The molecule has 1 fully saturated rings. The normalized spacial score (nSPS) is 16.6. The fourth-order valence-corrected chi connectivity index (χ4v) is 2.39. The molecule has 0 unspecified atom stereocenters. The van der Waals surface area contributed by atoms with E-state index in [1.807, 2.05) is 0 Å². The molecule has 0 saturated carbocycles. The van der Waals surface area contributed by atoms with Gasteiger partial charge < -0.3 is 9.64 Å². The van der Waals surface area contributed by atoms with Crippen molar-refractivity contribution >= 4 is 29.3 Å². The van der Waals surface area contributed by atoms with Crippen LogP contribution in [0.3, 0.4) is 0 Å². The maximum Gasteiger partial charge on any atom is 0.230 e. The number of hydrogen-bond acceptors (Lipinski definition) is 6. The molecule has 0 amide bonds. The van der Waals surface area contributed by atoms with Gasteiger partial charge in [0.2, 0.25) is 11.2 Å². The molecule has 0 N–H and O–H groups in total. The molecule has 7 heteroatoms. The maximum absolute atomic E-state index is 5.92. The fraction of sp³-hybridized carbons (Fsp3) is 0.700. The highest BCUT2D eigenvalue weighted by molar-refractivity contribution is 7.99. The van der Waals surface area contributed by atoms with Crippen molar-refractivity contribution in [3.63, 3.8) is 0 Å². The second-order valence-corrected chi connectivity index (χ2v) is 5.83. The molecule has 0 aromatic carbocycles. The average Bonchev–Trinajstić information content (AvgIpc) is 2.28. The second-order valence-electron chi connectivity index (χ2n) is 3.95. The summed E-state index contributed by atoms with van der Waals surface area (Å²) in [5, 5.41) is 1.36. The minimum Gasteiger partial charge on any atom is -0.378 e. The number of ether oxygens (including phenoxy) is 1. The van der Waals surface area contributed by atoms with Crippen molar-refractivity contribution in [2.24, 2.45) is 0 Å². The lowest BCUT2D eigenvalue weighted by Crippen LogP contribution is -2.37. The first kappa shape index (κ1) is 12.9. The lowest BCUT2D eigenvalue weighted by molar-refractivity contribution is 0.122. The summed E-state index contributed by atoms with van der Waals surface area (Å²) in [5.74, 6) is 0.649. The van der Waals surface area contributed by atoms with E-state index in [0.29, 0.717) is 29.6 Å². The quantitative estimate of drug-likeness (QED) is 0.785. The van der Waals surface area contributed by atoms with E-state index in [1.54, 1.807) is 11.8 Å². The highest BCUT2D eigenvalue weighted by Gasteiger charge is 2.16. The molecule has 5 nitrogen and oxygen atoms in total. The standard InChI is InChI=1S/C10H15ClN4OS/c1-7(2)17-10-13-8(11)12-9(14-10)15-3-5-16-6-4-15/h7H,3-6H2,1-2H3. The minimum atomic E-state index is 0.254. The smallest absolute Gasteiger partial charge is 0.230 e. The third-order valence-corrected chi connectivity index (χ3v) is 3.24. The third kappa shape index (κ3) is 3.69. The van der Waals surface area contributed by atoms with E-state index < -0.39 is 0 Å². The van der Waals surface area contributed by atoms with E-state index in [2.05, 4.69) is 33.7 Å². The summed E-state index contributed by atoms with van der Waals surface area (Å²) in [6.45, 7) is 7.19. The molecule has 1 saturated heterocycles. The predicted molar refractivity (Wildman–Crippen MR) is 68.9 cm³/mol. The number of aromatic nitrogens is 3. The summed E-state index contributed by atoms with van der Waals surface area (Å²) < 4.78 is 5.30. The van der Waals surface area contributed by atoms with Crippen molar-refractivity contribution in [2.75, 3.05) is 31.2 Å². The van der Waals surface area contributed by atoms with Gasteiger partial charge in [0.15, 0.2) is 5.16 Å². The maximum atomic E-state index is 5.92. The number of nitrogens with zero attached hydrogens (tertiary/aromatic N) is 4. The first-order chi connectivity index (χ1) is 8.15. The Morgan fingerprint density at radius 3 is 2.59 bits per heavy atom. The lowest BCUT2D eigenvalue weighted by Gasteiger charge is -2.26. The first-order valence-electron chi connectivity index (χ1n) is 5.56. The molecule has 0 bridgehead atoms. The van der Waals surface area contributed by atoms with Crippen LogP contribution in [0.2, 0.25) is 5.28 Å². The van der Waals surface area contributed by atoms with Crippen LogP contribution in [0.4, 0.5) is 5.95 Å². The van der Waals surface area contributed by atoms with Crippen LogP contribution >= 0.6 is 23.4 Å². The topological polar surface area (TPSA) is 51.1 Å². The Morgan fingerprint density at radius 2 is 1.94 bits per heavy atom. The Bertz CT molecular complexity index is 385. The zero-order valence-electron chi connectivity index (χ0n) is 9.89. The Kier molecular flexibility index (Phi) is 4.42. The van der Waals surface area contributed by atoms with Crippen molar-refractivity contribution in [3.8, 4) is 0 Å². The second kappa shape index (κ2) is 5.84. The summed E-state index contributed by atoms with van der Waals surface area (Å²) >= 11 is 7.51. The van der Waals surface area contributed by atoms with E-state index in [4.69, 9.17) is 16.3 Å². The predicted octanol–water partition coefficient (Wildman–Crippen LogP) is 1.86. The van der Waals surface area contributed by atoms with E-state index in [0.717, 1.165) is 13.1 Å². The van der Waals surface area contributed by atoms with Gasteiger partial charge in [-0.1, -0.05) is 25.6 Å². The van der Waals surface area contributed by atoms with Gasteiger partial charge in [-0.15, -0.1) is 0 Å². The molecule has 2 rings (SSSR count). The Hall–Kier alpha value is -0.590. The molecule has 17 heavy (non-hydrogen) atoms. The van der Waals surface area contributed by atoms with Gasteiger partial charge >= 0.3 is 0 Å². The van der Waals surface area contributed by atoms with E-state index in [-0.39, 0.29) is 5.28 Å². The average molecular weight is 275 g/mol. The summed E-state index contributed by atoms with van der Waals surface area (Å²) in [4.78, 5) is 14.8. The highest BCUT2D eigenvalue weighted by atomic mass is 35.5. The van der Waals surface area contributed by atoms with Crippen LogP contribution < -0.4 is 4.90 Å². The highest BCUT2D eigenvalue weighted by Crippen LogP contribution is 2.22. The number of morpholine rings is 1. The summed E-state index contributed by atoms with van der Waals surface area (Å²) in [6.07, 6.45) is 0.